The molecule has 0 amide bonds. The SMILES string of the molecule is Cc1ccc2c(c1)c1c(n2C2=C(c3cc4ccccc4s3)CCC2)CCN(C)C1.Cc1ccc2c(c1)c1c(n2C2=C(c3cccc4ccccc34)CCC2)CCN(C)C1.Cc1ccc2c(c1)c1c(n2C2=C(c3cnc(N(C)C)nc3)CCC2)CCN(C)C1.Cc1csc(C2=C(n3c4c(c5cc(C)ccc53)CN(C)CC4)CCC2)c1. The number of anilines is 1. The van der Waals surface area contributed by atoms with E-state index in [1.807, 2.05) is 54.1 Å². The number of hydrogen-bond donors (Lipinski definition) is 0. The van der Waals surface area contributed by atoms with Gasteiger partial charge in [0.2, 0.25) is 5.95 Å². The number of likely N-dealkylation sites (N-methyl/N-ethyl adjacent to an activating group) is 4. The Balaban J connectivity index is 0.000000102. The van der Waals surface area contributed by atoms with Crippen molar-refractivity contribution in [2.75, 3.05) is 73.4 Å². The van der Waals surface area contributed by atoms with Crippen LogP contribution in [0.25, 0.3) is 110 Å². The van der Waals surface area contributed by atoms with E-state index in [-0.39, 0.29) is 0 Å². The van der Waals surface area contributed by atoms with Gasteiger partial charge in [-0.2, -0.15) is 0 Å². The van der Waals surface area contributed by atoms with Gasteiger partial charge in [-0.25, -0.2) is 9.97 Å². The van der Waals surface area contributed by atoms with Crippen molar-refractivity contribution < 1.29 is 0 Å². The predicted molar refractivity (Wildman–Crippen MR) is 486 cm³/mol. The van der Waals surface area contributed by atoms with Crippen LogP contribution in [0.1, 0.15) is 171 Å². The van der Waals surface area contributed by atoms with Crippen molar-refractivity contribution in [3.8, 4) is 0 Å². The minimum atomic E-state index is 0.760. The van der Waals surface area contributed by atoms with Gasteiger partial charge in [0.1, 0.15) is 0 Å². The fourth-order valence-electron chi connectivity index (χ4n) is 20.6. The van der Waals surface area contributed by atoms with Crippen molar-refractivity contribution >= 4 is 138 Å². The Kier molecular flexibility index (Phi) is 20.1. The van der Waals surface area contributed by atoms with Crippen molar-refractivity contribution in [2.24, 2.45) is 0 Å². The molecular formula is C101H109N11S2. The first-order chi connectivity index (χ1) is 55.5. The fraction of sp³-hybridized carbons (Fsp3) is 0.347. The molecule has 11 nitrogen and oxygen atoms in total. The molecule has 7 aromatic heterocycles. The normalized spacial score (nSPS) is 17.5. The van der Waals surface area contributed by atoms with Crippen LogP contribution in [-0.4, -0.2) is 116 Å². The van der Waals surface area contributed by atoms with Gasteiger partial charge in [0, 0.05) is 192 Å². The number of fused-ring (bicyclic) bond motifs is 14. The molecule has 0 saturated heterocycles. The number of nitrogens with zero attached hydrogens (tertiary/aromatic N) is 11. The van der Waals surface area contributed by atoms with E-state index in [1.165, 1.54) is 206 Å². The van der Waals surface area contributed by atoms with Crippen LogP contribution >= 0.6 is 22.7 Å². The Morgan fingerprint density at radius 1 is 0.342 bits per heavy atom. The minimum absolute atomic E-state index is 0.760. The summed E-state index contributed by atoms with van der Waals surface area (Å²) in [6.07, 6.45) is 22.9. The van der Waals surface area contributed by atoms with E-state index < -0.39 is 0 Å². The largest absolute Gasteiger partial charge is 0.347 e. The standard InChI is InChI=1S/C28H28N2.C26H26N2S.C24H29N5.C23H26N2S/c1-19-13-14-27-24(17-19)25-18-29(2)16-15-28(25)30(27)26-12-6-11-23(26)22-10-5-8-20-7-3-4-9-21(20)22;1-17-10-11-23-20(14-17)21-16-27(2)13-12-24(21)28(23)22-8-5-7-19(22)26-15-18-6-3-4-9-25(18)29-26;1-16-8-9-22-19(12-16)20-15-28(4)11-10-23(20)29(22)21-7-5-6-18(21)17-13-25-24(26-14-17)27(2)3;1-15-7-8-21-18(11-15)19-13-24(3)10-9-22(19)25(21)20-6-4-5-17(20)23-12-16(2)14-26-23/h3-5,7-10,13-14,17H,6,11-12,15-16,18H2,1-2H3;3-4,6,9-11,14-15H,5,7-8,12-13,16H2,1-2H3;8-9,12-14H,5-7,10-11,15H2,1-4H3;7-8,11-12,14H,4-6,9-10,13H2,1-3H3. The van der Waals surface area contributed by atoms with Crippen LogP contribution in [0.2, 0.25) is 0 Å². The van der Waals surface area contributed by atoms with Crippen molar-refractivity contribution in [1.82, 2.24) is 47.8 Å². The predicted octanol–water partition coefficient (Wildman–Crippen LogP) is 23.6. The molecule has 13 heteroatoms. The molecule has 580 valence electrons. The first-order valence-corrected chi connectivity index (χ1v) is 43.9. The van der Waals surface area contributed by atoms with Gasteiger partial charge in [0.05, 0.1) is 22.1 Å². The first-order valence-electron chi connectivity index (χ1n) is 42.2. The quantitative estimate of drug-likeness (QED) is 0.143. The van der Waals surface area contributed by atoms with Gasteiger partial charge in [-0.1, -0.05) is 107 Å². The third-order valence-electron chi connectivity index (χ3n) is 26.1. The van der Waals surface area contributed by atoms with Crippen LogP contribution in [0, 0.1) is 34.6 Å². The molecule has 0 N–H and O–H groups in total. The number of allylic oxidation sites excluding steroid dienone is 8. The van der Waals surface area contributed by atoms with E-state index in [9.17, 15) is 0 Å². The Labute approximate surface area is 681 Å². The minimum Gasteiger partial charge on any atom is -0.347 e. The van der Waals surface area contributed by atoms with Gasteiger partial charge in [-0.05, 0) is 284 Å². The molecule has 0 bridgehead atoms. The average Bonchev–Trinajstić information content (AvgIpc) is 1.64. The maximum Gasteiger partial charge on any atom is 0.224 e. The summed E-state index contributed by atoms with van der Waals surface area (Å²) >= 11 is 3.88. The summed E-state index contributed by atoms with van der Waals surface area (Å²) in [5.74, 6) is 0.760. The van der Waals surface area contributed by atoms with E-state index in [2.05, 4.69) is 268 Å². The molecule has 14 aromatic rings. The zero-order valence-corrected chi connectivity index (χ0v) is 70.5. The highest BCUT2D eigenvalue weighted by Crippen LogP contribution is 2.50. The first kappa shape index (κ1) is 74.4. The van der Waals surface area contributed by atoms with Crippen molar-refractivity contribution in [2.45, 2.75) is 164 Å². The van der Waals surface area contributed by atoms with Crippen LogP contribution in [0.5, 0.6) is 0 Å². The fourth-order valence-corrected chi connectivity index (χ4v) is 22.8. The van der Waals surface area contributed by atoms with E-state index >= 15 is 0 Å². The topological polar surface area (TPSA) is 61.7 Å². The molecule has 7 aromatic carbocycles. The smallest absolute Gasteiger partial charge is 0.224 e. The van der Waals surface area contributed by atoms with Gasteiger partial charge < -0.3 is 42.8 Å². The van der Waals surface area contributed by atoms with Crippen molar-refractivity contribution in [3.63, 3.8) is 0 Å². The highest BCUT2D eigenvalue weighted by Gasteiger charge is 2.34. The Hall–Kier alpha value is -9.70. The summed E-state index contributed by atoms with van der Waals surface area (Å²) in [4.78, 5) is 23.9. The van der Waals surface area contributed by atoms with Crippen molar-refractivity contribution in [1.29, 1.82) is 0 Å². The molecule has 4 aliphatic carbocycles. The molecule has 0 radical (unpaired) electrons. The number of benzene rings is 7. The maximum absolute atomic E-state index is 4.57. The maximum atomic E-state index is 4.57. The summed E-state index contributed by atoms with van der Waals surface area (Å²) < 4.78 is 11.9. The van der Waals surface area contributed by atoms with Gasteiger partial charge in [-0.15, -0.1) is 22.7 Å². The highest BCUT2D eigenvalue weighted by molar-refractivity contribution is 7.20. The van der Waals surface area contributed by atoms with Crippen LogP contribution in [0.15, 0.2) is 169 Å². The lowest BCUT2D eigenvalue weighted by Crippen LogP contribution is -2.27. The highest BCUT2D eigenvalue weighted by atomic mass is 32.1. The second kappa shape index (κ2) is 30.8. The summed E-state index contributed by atoms with van der Waals surface area (Å²) in [5.41, 5.74) is 39.5. The summed E-state index contributed by atoms with van der Waals surface area (Å²) in [6.45, 7) is 19.8. The van der Waals surface area contributed by atoms with E-state index in [0.29, 0.717) is 0 Å². The third kappa shape index (κ3) is 13.7. The summed E-state index contributed by atoms with van der Waals surface area (Å²) in [5, 5.41) is 12.2. The monoisotopic (exact) mass is 1540 g/mol. The number of thiophene rings is 2. The lowest BCUT2D eigenvalue weighted by Gasteiger charge is -2.25. The zero-order valence-electron chi connectivity index (χ0n) is 68.9. The van der Waals surface area contributed by atoms with E-state index in [0.717, 1.165) is 96.8 Å². The molecule has 8 aliphatic rings. The Morgan fingerprint density at radius 3 is 1.16 bits per heavy atom. The van der Waals surface area contributed by atoms with Gasteiger partial charge in [0.15, 0.2) is 0 Å². The molecule has 4 aliphatic heterocycles. The molecule has 0 unspecified atom stereocenters. The van der Waals surface area contributed by atoms with E-state index in [4.69, 9.17) is 0 Å². The Morgan fingerprint density at radius 2 is 0.728 bits per heavy atom. The molecule has 11 heterocycles. The molecule has 114 heavy (non-hydrogen) atoms. The Bertz CT molecular complexity index is 6220. The van der Waals surface area contributed by atoms with Crippen LogP contribution in [-0.2, 0) is 51.9 Å². The van der Waals surface area contributed by atoms with Gasteiger partial charge >= 0.3 is 0 Å². The molecule has 22 rings (SSSR count). The van der Waals surface area contributed by atoms with Crippen molar-refractivity contribution in [3.05, 3.63) is 263 Å². The lowest BCUT2D eigenvalue weighted by atomic mass is 9.97. The second-order valence-corrected chi connectivity index (χ2v) is 36.5. The van der Waals surface area contributed by atoms with Crippen LogP contribution in [0.4, 0.5) is 5.95 Å². The number of rotatable bonds is 9. The third-order valence-corrected chi connectivity index (χ3v) is 28.3. The number of aromatic nitrogens is 6. The summed E-state index contributed by atoms with van der Waals surface area (Å²) in [7, 11) is 12.9. The summed E-state index contributed by atoms with van der Waals surface area (Å²) in [6, 6.07) is 57.3. The average molecular weight is 1540 g/mol. The molecule has 0 saturated carbocycles. The van der Waals surface area contributed by atoms with Gasteiger partial charge in [0.25, 0.3) is 0 Å². The van der Waals surface area contributed by atoms with Gasteiger partial charge in [-0.3, -0.25) is 0 Å². The molecular weight excluding hydrogens is 1430 g/mol. The number of hydrogen-bond acceptors (Lipinski definition) is 9. The lowest BCUT2D eigenvalue weighted by molar-refractivity contribution is 0.311. The molecule has 0 fully saturated rings. The van der Waals surface area contributed by atoms with Crippen LogP contribution in [0.3, 0.4) is 0 Å². The molecule has 0 spiro atoms. The molecule has 0 atom stereocenters. The second-order valence-electron chi connectivity index (χ2n) is 34.5. The zero-order chi connectivity index (χ0) is 77.7. The van der Waals surface area contributed by atoms with E-state index in [1.54, 1.807) is 61.9 Å². The van der Waals surface area contributed by atoms with Crippen LogP contribution < -0.4 is 4.90 Å². The number of aryl methyl sites for hydroxylation is 5.